The highest BCUT2D eigenvalue weighted by Crippen LogP contribution is 2.43. The number of nitrogens with zero attached hydrogens (tertiary/aromatic N) is 1. The molecular formula is C24H17BrClNO4. The first-order valence-electron chi connectivity index (χ1n) is 9.38. The summed E-state index contributed by atoms with van der Waals surface area (Å²) < 4.78 is 6.10. The van der Waals surface area contributed by atoms with Crippen molar-refractivity contribution < 1.29 is 19.4 Å². The molecule has 0 aliphatic carbocycles. The van der Waals surface area contributed by atoms with Gasteiger partial charge in [-0.1, -0.05) is 63.9 Å². The summed E-state index contributed by atoms with van der Waals surface area (Å²) in [5.41, 5.74) is 1.42. The highest BCUT2D eigenvalue weighted by Gasteiger charge is 2.47. The maximum Gasteiger partial charge on any atom is 0.300 e. The minimum absolute atomic E-state index is 0.0308. The summed E-state index contributed by atoms with van der Waals surface area (Å²) in [6.07, 6.45) is 0. The quantitative estimate of drug-likeness (QED) is 0.283. The molecule has 5 nitrogen and oxygen atoms in total. The third kappa shape index (κ3) is 3.84. The molecule has 1 saturated heterocycles. The van der Waals surface area contributed by atoms with Crippen molar-refractivity contribution in [2.24, 2.45) is 0 Å². The van der Waals surface area contributed by atoms with Crippen molar-refractivity contribution in [2.75, 3.05) is 12.0 Å². The second-order valence-corrected chi connectivity index (χ2v) is 8.26. The maximum absolute atomic E-state index is 13.2. The number of carbonyl (C=O) groups excluding carboxylic acids is 2. The van der Waals surface area contributed by atoms with Crippen molar-refractivity contribution in [3.05, 3.63) is 99.0 Å². The highest BCUT2D eigenvalue weighted by molar-refractivity contribution is 9.10. The fourth-order valence-corrected chi connectivity index (χ4v) is 4.25. The Kier molecular flexibility index (Phi) is 5.85. The first kappa shape index (κ1) is 21.2. The molecule has 1 N–H and O–H groups in total. The van der Waals surface area contributed by atoms with Gasteiger partial charge in [0, 0.05) is 15.2 Å². The molecule has 0 aromatic heterocycles. The molecule has 1 aliphatic rings. The predicted molar refractivity (Wildman–Crippen MR) is 123 cm³/mol. The van der Waals surface area contributed by atoms with Gasteiger partial charge in [-0.3, -0.25) is 14.5 Å². The largest absolute Gasteiger partial charge is 0.507 e. The van der Waals surface area contributed by atoms with Gasteiger partial charge in [-0.15, -0.1) is 0 Å². The third-order valence-electron chi connectivity index (χ3n) is 5.06. The van der Waals surface area contributed by atoms with Crippen LogP contribution in [0, 0.1) is 0 Å². The number of aliphatic hydroxyl groups excluding tert-OH is 1. The Labute approximate surface area is 192 Å². The molecule has 0 spiro atoms. The van der Waals surface area contributed by atoms with E-state index in [2.05, 4.69) is 15.9 Å². The number of halogens is 2. The normalized spacial score (nSPS) is 17.8. The molecule has 0 saturated carbocycles. The number of aliphatic hydroxyl groups is 1. The summed E-state index contributed by atoms with van der Waals surface area (Å²) >= 11 is 9.54. The van der Waals surface area contributed by atoms with E-state index in [-0.39, 0.29) is 16.9 Å². The number of rotatable bonds is 4. The van der Waals surface area contributed by atoms with E-state index in [9.17, 15) is 14.7 Å². The number of methoxy groups -OCH3 is 1. The summed E-state index contributed by atoms with van der Waals surface area (Å²) in [5, 5.41) is 11.6. The van der Waals surface area contributed by atoms with Gasteiger partial charge in [-0.05, 0) is 42.0 Å². The number of anilines is 1. The van der Waals surface area contributed by atoms with Crippen LogP contribution < -0.4 is 9.64 Å². The van der Waals surface area contributed by atoms with Crippen LogP contribution in [0.5, 0.6) is 5.75 Å². The summed E-state index contributed by atoms with van der Waals surface area (Å²) in [7, 11) is 1.45. The zero-order chi connectivity index (χ0) is 22.1. The van der Waals surface area contributed by atoms with Crippen LogP contribution in [-0.4, -0.2) is 23.9 Å². The van der Waals surface area contributed by atoms with Crippen LogP contribution >= 0.6 is 27.5 Å². The molecule has 1 amide bonds. The zero-order valence-electron chi connectivity index (χ0n) is 16.4. The lowest BCUT2D eigenvalue weighted by atomic mass is 9.95. The van der Waals surface area contributed by atoms with Gasteiger partial charge in [0.2, 0.25) is 0 Å². The Morgan fingerprint density at radius 1 is 1.03 bits per heavy atom. The molecule has 3 aromatic carbocycles. The molecule has 1 atom stereocenters. The number of benzene rings is 3. The summed E-state index contributed by atoms with van der Waals surface area (Å²) in [5.74, 6) is -1.52. The lowest BCUT2D eigenvalue weighted by Gasteiger charge is -2.25. The van der Waals surface area contributed by atoms with E-state index in [1.165, 1.54) is 18.1 Å². The monoisotopic (exact) mass is 497 g/mol. The summed E-state index contributed by atoms with van der Waals surface area (Å²) in [6.45, 7) is 0. The SMILES string of the molecule is COc1ccc(Cl)cc1/C(O)=C1\C(=O)C(=O)N(c2cccc(Br)c2)C1c1ccccc1. The fraction of sp³-hybridized carbons (Fsp3) is 0.0833. The summed E-state index contributed by atoms with van der Waals surface area (Å²) in [4.78, 5) is 27.7. The van der Waals surface area contributed by atoms with Crippen molar-refractivity contribution >= 4 is 50.7 Å². The Hall–Kier alpha value is -3.09. The van der Waals surface area contributed by atoms with Gasteiger partial charge < -0.3 is 9.84 Å². The third-order valence-corrected chi connectivity index (χ3v) is 5.79. The van der Waals surface area contributed by atoms with E-state index in [1.807, 2.05) is 36.4 Å². The average Bonchev–Trinajstić information content (AvgIpc) is 3.04. The molecule has 0 bridgehead atoms. The molecule has 1 aliphatic heterocycles. The van der Waals surface area contributed by atoms with Crippen molar-refractivity contribution in [3.8, 4) is 5.75 Å². The minimum Gasteiger partial charge on any atom is -0.507 e. The number of hydrogen-bond donors (Lipinski definition) is 1. The van der Waals surface area contributed by atoms with Gasteiger partial charge in [0.25, 0.3) is 11.7 Å². The molecule has 156 valence electrons. The van der Waals surface area contributed by atoms with E-state index in [0.29, 0.717) is 22.0 Å². The molecule has 31 heavy (non-hydrogen) atoms. The van der Waals surface area contributed by atoms with E-state index >= 15 is 0 Å². The number of carbonyl (C=O) groups is 2. The van der Waals surface area contributed by atoms with Crippen molar-refractivity contribution in [1.29, 1.82) is 0 Å². The molecule has 1 fully saturated rings. The lowest BCUT2D eigenvalue weighted by molar-refractivity contribution is -0.132. The number of Topliss-reactive ketones (excluding diaryl/α,β-unsaturated/α-hetero) is 1. The van der Waals surface area contributed by atoms with Crippen LogP contribution in [0.4, 0.5) is 5.69 Å². The number of ether oxygens (including phenoxy) is 1. The van der Waals surface area contributed by atoms with E-state index in [4.69, 9.17) is 16.3 Å². The predicted octanol–water partition coefficient (Wildman–Crippen LogP) is 5.74. The molecule has 0 radical (unpaired) electrons. The summed E-state index contributed by atoms with van der Waals surface area (Å²) in [6, 6.07) is 20.1. The molecule has 7 heteroatoms. The molecule has 1 unspecified atom stereocenters. The van der Waals surface area contributed by atoms with Crippen LogP contribution in [0.15, 0.2) is 82.8 Å². The molecule has 4 rings (SSSR count). The van der Waals surface area contributed by atoms with E-state index in [1.54, 1.807) is 30.3 Å². The number of hydrogen-bond acceptors (Lipinski definition) is 4. The first-order chi connectivity index (χ1) is 14.9. The molecule has 3 aromatic rings. The molecular weight excluding hydrogens is 482 g/mol. The Balaban J connectivity index is 1.99. The van der Waals surface area contributed by atoms with Crippen LogP contribution in [0.2, 0.25) is 5.02 Å². The Bertz CT molecular complexity index is 1210. The van der Waals surface area contributed by atoms with Crippen LogP contribution in [0.25, 0.3) is 5.76 Å². The zero-order valence-corrected chi connectivity index (χ0v) is 18.7. The van der Waals surface area contributed by atoms with E-state index < -0.39 is 17.7 Å². The standard InChI is InChI=1S/C24H17BrClNO4/c1-31-19-11-10-16(26)13-18(19)22(28)20-21(14-6-3-2-4-7-14)27(24(30)23(20)29)17-9-5-8-15(25)12-17/h2-13,21,28H,1H3/b22-20+. The number of ketones is 1. The average molecular weight is 499 g/mol. The fourth-order valence-electron chi connectivity index (χ4n) is 3.69. The van der Waals surface area contributed by atoms with Crippen molar-refractivity contribution in [2.45, 2.75) is 6.04 Å². The van der Waals surface area contributed by atoms with Gasteiger partial charge >= 0.3 is 0 Å². The Morgan fingerprint density at radius 2 is 1.77 bits per heavy atom. The van der Waals surface area contributed by atoms with Crippen molar-refractivity contribution in [3.63, 3.8) is 0 Å². The smallest absolute Gasteiger partial charge is 0.300 e. The molecule has 1 heterocycles. The first-order valence-corrected chi connectivity index (χ1v) is 10.5. The van der Waals surface area contributed by atoms with Crippen molar-refractivity contribution in [1.82, 2.24) is 0 Å². The van der Waals surface area contributed by atoms with Gasteiger partial charge in [0.1, 0.15) is 11.5 Å². The Morgan fingerprint density at radius 3 is 2.45 bits per heavy atom. The van der Waals surface area contributed by atoms with Crippen LogP contribution in [0.3, 0.4) is 0 Å². The van der Waals surface area contributed by atoms with Gasteiger partial charge in [-0.2, -0.15) is 0 Å². The lowest BCUT2D eigenvalue weighted by Crippen LogP contribution is -2.29. The van der Waals surface area contributed by atoms with Crippen LogP contribution in [0.1, 0.15) is 17.2 Å². The maximum atomic E-state index is 13.2. The second-order valence-electron chi connectivity index (χ2n) is 6.90. The highest BCUT2D eigenvalue weighted by atomic mass is 79.9. The van der Waals surface area contributed by atoms with E-state index in [0.717, 1.165) is 4.47 Å². The van der Waals surface area contributed by atoms with Crippen LogP contribution in [-0.2, 0) is 9.59 Å². The second kappa shape index (κ2) is 8.57. The minimum atomic E-state index is -0.820. The van der Waals surface area contributed by atoms with Gasteiger partial charge in [0.05, 0.1) is 24.3 Å². The van der Waals surface area contributed by atoms with Gasteiger partial charge in [0.15, 0.2) is 0 Å². The van der Waals surface area contributed by atoms with Gasteiger partial charge in [-0.25, -0.2) is 0 Å². The number of amides is 1. The topological polar surface area (TPSA) is 66.8 Å².